The maximum Gasteiger partial charge on any atom is 0.306 e. The highest BCUT2D eigenvalue weighted by Crippen LogP contribution is 2.34. The molecular formula is C20H19NO2. The Morgan fingerprint density at radius 1 is 1.04 bits per heavy atom. The van der Waals surface area contributed by atoms with Gasteiger partial charge in [0.05, 0.1) is 13.0 Å². The lowest BCUT2D eigenvalue weighted by Gasteiger charge is -2.20. The lowest BCUT2D eigenvalue weighted by Crippen LogP contribution is -2.19. The molecule has 0 radical (unpaired) electrons. The summed E-state index contributed by atoms with van der Waals surface area (Å²) in [6.45, 7) is 1.38. The summed E-state index contributed by atoms with van der Waals surface area (Å²) in [5, 5.41) is 1.25. The molecule has 0 amide bonds. The minimum Gasteiger partial charge on any atom is -0.466 e. The predicted octanol–water partition coefficient (Wildman–Crippen LogP) is 4.11. The zero-order chi connectivity index (χ0) is 15.6. The summed E-state index contributed by atoms with van der Waals surface area (Å²) in [5.74, 6) is 0.180. The first kappa shape index (κ1) is 14.1. The molecule has 0 spiro atoms. The summed E-state index contributed by atoms with van der Waals surface area (Å²) in [6, 6.07) is 18.9. The second-order valence-electron chi connectivity index (χ2n) is 6.13. The number of carbonyl (C=O) groups excluding carboxylic acids is 1. The molecule has 3 heteroatoms. The first-order valence-corrected chi connectivity index (χ1v) is 8.08. The Labute approximate surface area is 135 Å². The fourth-order valence-electron chi connectivity index (χ4n) is 3.45. The molecular weight excluding hydrogens is 286 g/mol. The van der Waals surface area contributed by atoms with Crippen LogP contribution in [0, 0.1) is 0 Å². The predicted molar refractivity (Wildman–Crippen MR) is 90.4 cm³/mol. The molecule has 116 valence electrons. The van der Waals surface area contributed by atoms with Crippen molar-refractivity contribution in [3.63, 3.8) is 0 Å². The van der Waals surface area contributed by atoms with E-state index in [0.29, 0.717) is 13.0 Å². The first-order valence-electron chi connectivity index (χ1n) is 8.08. The Hall–Kier alpha value is -2.55. The van der Waals surface area contributed by atoms with Crippen LogP contribution in [0.25, 0.3) is 10.9 Å². The number of para-hydroxylation sites is 1. The van der Waals surface area contributed by atoms with Crippen LogP contribution in [0.15, 0.2) is 60.8 Å². The summed E-state index contributed by atoms with van der Waals surface area (Å²) in [4.78, 5) is 11.7. The molecule has 3 nitrogen and oxygen atoms in total. The van der Waals surface area contributed by atoms with Gasteiger partial charge in [-0.05, 0) is 29.5 Å². The zero-order valence-electron chi connectivity index (χ0n) is 12.9. The van der Waals surface area contributed by atoms with Crippen molar-refractivity contribution in [3.05, 3.63) is 71.9 Å². The molecule has 0 bridgehead atoms. The number of hydrogen-bond acceptors (Lipinski definition) is 2. The van der Waals surface area contributed by atoms with Gasteiger partial charge < -0.3 is 9.30 Å². The number of cyclic esters (lactones) is 1. The van der Waals surface area contributed by atoms with Gasteiger partial charge in [0.15, 0.2) is 0 Å². The van der Waals surface area contributed by atoms with Crippen LogP contribution >= 0.6 is 0 Å². The summed E-state index contributed by atoms with van der Waals surface area (Å²) in [6.07, 6.45) is 3.62. The molecule has 0 N–H and O–H groups in total. The molecule has 2 heterocycles. The number of ether oxygens (including phenoxy) is 1. The van der Waals surface area contributed by atoms with Crippen LogP contribution in [0.4, 0.5) is 0 Å². The number of nitrogens with zero attached hydrogens (tertiary/aromatic N) is 1. The molecule has 1 aliphatic rings. The largest absolute Gasteiger partial charge is 0.466 e. The fourth-order valence-corrected chi connectivity index (χ4v) is 3.45. The highest BCUT2D eigenvalue weighted by atomic mass is 16.5. The Morgan fingerprint density at radius 2 is 1.83 bits per heavy atom. The van der Waals surface area contributed by atoms with E-state index in [1.807, 2.05) is 6.07 Å². The van der Waals surface area contributed by atoms with Gasteiger partial charge in [-0.15, -0.1) is 0 Å². The van der Waals surface area contributed by atoms with Crippen molar-refractivity contribution < 1.29 is 9.53 Å². The summed E-state index contributed by atoms with van der Waals surface area (Å²) in [5.41, 5.74) is 3.78. The highest BCUT2D eigenvalue weighted by Gasteiger charge is 2.25. The standard InChI is InChI=1S/C20H19NO2/c22-20-12-16(10-11-23-20)18-14-21(13-15-6-2-1-3-7-15)19-9-5-4-8-17(18)19/h1-9,14,16H,10-13H2/t16-/m0/s1. The molecule has 2 aromatic carbocycles. The fraction of sp³-hybridized carbons (Fsp3) is 0.250. The molecule has 1 aliphatic heterocycles. The van der Waals surface area contributed by atoms with Crippen LogP contribution in [0.1, 0.15) is 29.9 Å². The third-order valence-corrected chi connectivity index (χ3v) is 4.60. The molecule has 3 aromatic rings. The SMILES string of the molecule is O=C1C[C@@H](c2cn(Cc3ccccc3)c3ccccc23)CCO1. The number of esters is 1. The summed E-state index contributed by atoms with van der Waals surface area (Å²) >= 11 is 0. The second-order valence-corrected chi connectivity index (χ2v) is 6.13. The monoisotopic (exact) mass is 305 g/mol. The topological polar surface area (TPSA) is 31.2 Å². The van der Waals surface area contributed by atoms with Crippen LogP contribution in [0.2, 0.25) is 0 Å². The van der Waals surface area contributed by atoms with Crippen molar-refractivity contribution in [2.75, 3.05) is 6.61 Å². The van der Waals surface area contributed by atoms with Gasteiger partial charge in [0.25, 0.3) is 0 Å². The van der Waals surface area contributed by atoms with E-state index in [9.17, 15) is 4.79 Å². The van der Waals surface area contributed by atoms with E-state index < -0.39 is 0 Å². The molecule has 1 saturated heterocycles. The van der Waals surface area contributed by atoms with Crippen LogP contribution in [-0.4, -0.2) is 17.1 Å². The van der Waals surface area contributed by atoms with E-state index in [1.165, 1.54) is 22.0 Å². The number of rotatable bonds is 3. The lowest BCUT2D eigenvalue weighted by atomic mass is 9.91. The third kappa shape index (κ3) is 2.74. The maximum absolute atomic E-state index is 11.7. The normalized spacial score (nSPS) is 18.1. The minimum absolute atomic E-state index is 0.0823. The van der Waals surface area contributed by atoms with Gasteiger partial charge in [-0.1, -0.05) is 48.5 Å². The van der Waals surface area contributed by atoms with Crippen LogP contribution < -0.4 is 0 Å². The van der Waals surface area contributed by atoms with Crippen molar-refractivity contribution in [3.8, 4) is 0 Å². The Morgan fingerprint density at radius 3 is 2.65 bits per heavy atom. The van der Waals surface area contributed by atoms with Gasteiger partial charge in [0, 0.05) is 23.6 Å². The van der Waals surface area contributed by atoms with E-state index in [1.54, 1.807) is 0 Å². The molecule has 1 fully saturated rings. The molecule has 1 atom stereocenters. The van der Waals surface area contributed by atoms with Crippen molar-refractivity contribution in [2.24, 2.45) is 0 Å². The maximum atomic E-state index is 11.7. The minimum atomic E-state index is -0.0823. The average Bonchev–Trinajstić information content (AvgIpc) is 2.95. The van der Waals surface area contributed by atoms with E-state index >= 15 is 0 Å². The number of aromatic nitrogens is 1. The molecule has 0 unspecified atom stereocenters. The van der Waals surface area contributed by atoms with E-state index in [2.05, 4.69) is 59.3 Å². The number of benzene rings is 2. The lowest BCUT2D eigenvalue weighted by molar-refractivity contribution is -0.147. The third-order valence-electron chi connectivity index (χ3n) is 4.60. The molecule has 0 aliphatic carbocycles. The van der Waals surface area contributed by atoms with E-state index in [-0.39, 0.29) is 11.9 Å². The van der Waals surface area contributed by atoms with Crippen LogP contribution in [-0.2, 0) is 16.1 Å². The van der Waals surface area contributed by atoms with Crippen molar-refractivity contribution in [1.29, 1.82) is 0 Å². The van der Waals surface area contributed by atoms with Crippen molar-refractivity contribution in [2.45, 2.75) is 25.3 Å². The zero-order valence-corrected chi connectivity index (χ0v) is 12.9. The Bertz CT molecular complexity index is 835. The van der Waals surface area contributed by atoms with Gasteiger partial charge in [0.1, 0.15) is 0 Å². The van der Waals surface area contributed by atoms with Crippen molar-refractivity contribution in [1.82, 2.24) is 4.57 Å². The number of carbonyl (C=O) groups is 1. The van der Waals surface area contributed by atoms with Gasteiger partial charge >= 0.3 is 5.97 Å². The average molecular weight is 305 g/mol. The quantitative estimate of drug-likeness (QED) is 0.682. The number of hydrogen-bond donors (Lipinski definition) is 0. The smallest absolute Gasteiger partial charge is 0.306 e. The Kier molecular flexibility index (Phi) is 3.62. The summed E-state index contributed by atoms with van der Waals surface area (Å²) in [7, 11) is 0. The van der Waals surface area contributed by atoms with Gasteiger partial charge in [-0.25, -0.2) is 0 Å². The highest BCUT2D eigenvalue weighted by molar-refractivity contribution is 5.85. The molecule has 23 heavy (non-hydrogen) atoms. The van der Waals surface area contributed by atoms with Crippen LogP contribution in [0.3, 0.4) is 0 Å². The second kappa shape index (κ2) is 5.92. The van der Waals surface area contributed by atoms with E-state index in [0.717, 1.165) is 13.0 Å². The van der Waals surface area contributed by atoms with Gasteiger partial charge in [-0.3, -0.25) is 4.79 Å². The van der Waals surface area contributed by atoms with Gasteiger partial charge in [-0.2, -0.15) is 0 Å². The Balaban J connectivity index is 1.75. The van der Waals surface area contributed by atoms with Gasteiger partial charge in [0.2, 0.25) is 0 Å². The van der Waals surface area contributed by atoms with E-state index in [4.69, 9.17) is 4.74 Å². The first-order chi connectivity index (χ1) is 11.3. The number of fused-ring (bicyclic) bond motifs is 1. The molecule has 0 saturated carbocycles. The van der Waals surface area contributed by atoms with Crippen LogP contribution in [0.5, 0.6) is 0 Å². The summed E-state index contributed by atoms with van der Waals surface area (Å²) < 4.78 is 7.39. The van der Waals surface area contributed by atoms with Crippen molar-refractivity contribution >= 4 is 16.9 Å². The molecule has 4 rings (SSSR count). The molecule has 1 aromatic heterocycles.